The lowest BCUT2D eigenvalue weighted by Gasteiger charge is -2.19. The third kappa shape index (κ3) is 3.54. The number of hydrogen-bond acceptors (Lipinski definition) is 5. The maximum absolute atomic E-state index is 9.93. The summed E-state index contributed by atoms with van der Waals surface area (Å²) in [5.41, 5.74) is 4.41. The first-order chi connectivity index (χ1) is 17.1. The summed E-state index contributed by atoms with van der Waals surface area (Å²) >= 11 is 0. The molecule has 176 valence electrons. The number of aromatic nitrogens is 1. The van der Waals surface area contributed by atoms with Crippen LogP contribution in [0.5, 0.6) is 28.7 Å². The molecule has 0 saturated carbocycles. The summed E-state index contributed by atoms with van der Waals surface area (Å²) in [6.45, 7) is 0. The molecule has 1 aromatic heterocycles. The standard InChI is InChI=1S/C29H25NO5/c1-32-22-10-5-8-20-26(22)29(28-24(34-3)12-7-13-25(28)35-4)27-21(9-6-11-23(27)33-2)30(20)18-14-16-19(31)17-15-18/h5-17H,1-4H3/p+1. The van der Waals surface area contributed by atoms with Crippen LogP contribution in [0.1, 0.15) is 0 Å². The molecule has 0 saturated heterocycles. The Morgan fingerprint density at radius 3 is 1.40 bits per heavy atom. The Morgan fingerprint density at radius 1 is 0.514 bits per heavy atom. The van der Waals surface area contributed by atoms with Crippen LogP contribution in [-0.4, -0.2) is 33.5 Å². The number of rotatable bonds is 6. The first kappa shape index (κ1) is 22.3. The Morgan fingerprint density at radius 2 is 0.943 bits per heavy atom. The molecule has 35 heavy (non-hydrogen) atoms. The Hall–Kier alpha value is -4.45. The molecule has 4 aromatic carbocycles. The number of methoxy groups -OCH3 is 4. The summed E-state index contributed by atoms with van der Waals surface area (Å²) in [5.74, 6) is 2.95. The molecule has 6 nitrogen and oxygen atoms in total. The highest BCUT2D eigenvalue weighted by molar-refractivity contribution is 6.14. The smallest absolute Gasteiger partial charge is 0.223 e. The molecule has 0 amide bonds. The molecule has 0 aliphatic carbocycles. The van der Waals surface area contributed by atoms with Crippen molar-refractivity contribution in [1.29, 1.82) is 0 Å². The molecule has 0 aliphatic heterocycles. The third-order valence-corrected chi connectivity index (χ3v) is 6.22. The van der Waals surface area contributed by atoms with E-state index in [-0.39, 0.29) is 5.75 Å². The second kappa shape index (κ2) is 9.06. The van der Waals surface area contributed by atoms with Crippen LogP contribution in [0.2, 0.25) is 0 Å². The Bertz CT molecular complexity index is 1460. The second-order valence-electron chi connectivity index (χ2n) is 7.97. The summed E-state index contributed by atoms with van der Waals surface area (Å²) in [7, 11) is 6.62. The summed E-state index contributed by atoms with van der Waals surface area (Å²) in [6, 6.07) is 24.8. The van der Waals surface area contributed by atoms with Gasteiger partial charge in [0, 0.05) is 29.8 Å². The number of hydrogen-bond donors (Lipinski definition) is 1. The van der Waals surface area contributed by atoms with E-state index >= 15 is 0 Å². The van der Waals surface area contributed by atoms with Crippen molar-refractivity contribution in [1.82, 2.24) is 0 Å². The maximum atomic E-state index is 9.93. The first-order valence-electron chi connectivity index (χ1n) is 11.1. The van der Waals surface area contributed by atoms with Gasteiger partial charge >= 0.3 is 0 Å². The van der Waals surface area contributed by atoms with Crippen LogP contribution in [-0.2, 0) is 0 Å². The Labute approximate surface area is 203 Å². The fraction of sp³-hybridized carbons (Fsp3) is 0.138. The molecule has 0 atom stereocenters. The molecule has 0 aliphatic rings. The Kier molecular flexibility index (Phi) is 5.79. The van der Waals surface area contributed by atoms with Crippen molar-refractivity contribution < 1.29 is 28.6 Å². The number of phenolic OH excluding ortho intramolecular Hbond substituents is 1. The number of pyridine rings is 1. The van der Waals surface area contributed by atoms with Gasteiger partial charge < -0.3 is 24.1 Å². The lowest BCUT2D eigenvalue weighted by Crippen LogP contribution is -2.33. The number of benzene rings is 4. The predicted molar refractivity (Wildman–Crippen MR) is 136 cm³/mol. The molecule has 0 radical (unpaired) electrons. The average molecular weight is 469 g/mol. The predicted octanol–water partition coefficient (Wildman–Crippen LogP) is 5.68. The number of ether oxygens (including phenoxy) is 4. The van der Waals surface area contributed by atoms with E-state index in [1.807, 2.05) is 54.6 Å². The van der Waals surface area contributed by atoms with E-state index in [1.165, 1.54) is 0 Å². The molecule has 0 spiro atoms. The fourth-order valence-electron chi connectivity index (χ4n) is 4.74. The van der Waals surface area contributed by atoms with Gasteiger partial charge in [0.1, 0.15) is 28.7 Å². The summed E-state index contributed by atoms with van der Waals surface area (Å²) in [5, 5.41) is 11.7. The zero-order valence-corrected chi connectivity index (χ0v) is 20.0. The van der Waals surface area contributed by atoms with Crippen molar-refractivity contribution in [2.75, 3.05) is 28.4 Å². The minimum Gasteiger partial charge on any atom is -0.508 e. The van der Waals surface area contributed by atoms with Gasteiger partial charge in [-0.05, 0) is 36.4 Å². The average Bonchev–Trinajstić information content (AvgIpc) is 2.91. The lowest BCUT2D eigenvalue weighted by atomic mass is 9.92. The topological polar surface area (TPSA) is 61.0 Å². The van der Waals surface area contributed by atoms with Crippen molar-refractivity contribution in [2.24, 2.45) is 0 Å². The van der Waals surface area contributed by atoms with E-state index < -0.39 is 0 Å². The van der Waals surface area contributed by atoms with Gasteiger partial charge in [-0.15, -0.1) is 0 Å². The molecule has 5 aromatic rings. The van der Waals surface area contributed by atoms with Gasteiger partial charge in [-0.2, -0.15) is 4.57 Å². The van der Waals surface area contributed by atoms with Crippen LogP contribution in [0, 0.1) is 0 Å². The zero-order chi connectivity index (χ0) is 24.5. The summed E-state index contributed by atoms with van der Waals surface area (Å²) in [6.07, 6.45) is 0. The summed E-state index contributed by atoms with van der Waals surface area (Å²) in [4.78, 5) is 0. The monoisotopic (exact) mass is 468 g/mol. The van der Waals surface area contributed by atoms with Gasteiger partial charge in [0.2, 0.25) is 16.7 Å². The minimum absolute atomic E-state index is 0.202. The number of fused-ring (bicyclic) bond motifs is 2. The molecule has 5 rings (SSSR count). The van der Waals surface area contributed by atoms with Crippen molar-refractivity contribution >= 4 is 21.8 Å². The molecule has 0 bridgehead atoms. The van der Waals surface area contributed by atoms with Crippen LogP contribution in [0.15, 0.2) is 78.9 Å². The first-order valence-corrected chi connectivity index (χ1v) is 11.1. The summed E-state index contributed by atoms with van der Waals surface area (Å²) < 4.78 is 25.6. The highest BCUT2D eigenvalue weighted by atomic mass is 16.5. The van der Waals surface area contributed by atoms with Crippen molar-refractivity contribution in [2.45, 2.75) is 0 Å². The van der Waals surface area contributed by atoms with Crippen molar-refractivity contribution in [3.05, 3.63) is 78.9 Å². The lowest BCUT2D eigenvalue weighted by molar-refractivity contribution is -0.538. The normalized spacial score (nSPS) is 11.0. The highest BCUT2D eigenvalue weighted by Crippen LogP contribution is 2.49. The number of nitrogens with zero attached hydrogens (tertiary/aromatic N) is 1. The van der Waals surface area contributed by atoms with Crippen molar-refractivity contribution in [3.8, 4) is 45.6 Å². The van der Waals surface area contributed by atoms with E-state index in [1.54, 1.807) is 40.6 Å². The second-order valence-corrected chi connectivity index (χ2v) is 7.97. The fourth-order valence-corrected chi connectivity index (χ4v) is 4.74. The molecule has 0 unspecified atom stereocenters. The maximum Gasteiger partial charge on any atom is 0.223 e. The Balaban J connectivity index is 2.11. The van der Waals surface area contributed by atoms with Gasteiger partial charge in [-0.3, -0.25) is 0 Å². The van der Waals surface area contributed by atoms with E-state index in [2.05, 4.69) is 16.7 Å². The van der Waals surface area contributed by atoms with E-state index in [4.69, 9.17) is 18.9 Å². The van der Waals surface area contributed by atoms with Crippen LogP contribution in [0.3, 0.4) is 0 Å². The largest absolute Gasteiger partial charge is 0.508 e. The van der Waals surface area contributed by atoms with Crippen molar-refractivity contribution in [3.63, 3.8) is 0 Å². The van der Waals surface area contributed by atoms with Crippen LogP contribution in [0.4, 0.5) is 0 Å². The van der Waals surface area contributed by atoms with Gasteiger partial charge in [-0.1, -0.05) is 18.2 Å². The molecular weight excluding hydrogens is 442 g/mol. The van der Waals surface area contributed by atoms with Crippen LogP contribution in [0.25, 0.3) is 38.6 Å². The SMILES string of the molecule is COc1cccc(OC)c1-c1c2c(OC)cccc2[n+](-c2ccc(O)cc2)c2cccc(OC)c12. The minimum atomic E-state index is 0.202. The number of aromatic hydroxyl groups is 1. The van der Waals surface area contributed by atoms with Gasteiger partial charge in [0.15, 0.2) is 0 Å². The van der Waals surface area contributed by atoms with E-state index in [0.717, 1.165) is 38.6 Å². The molecule has 1 N–H and O–H groups in total. The zero-order valence-electron chi connectivity index (χ0n) is 20.0. The van der Waals surface area contributed by atoms with Gasteiger partial charge in [0.25, 0.3) is 0 Å². The molecule has 1 heterocycles. The van der Waals surface area contributed by atoms with Crippen LogP contribution < -0.4 is 23.5 Å². The number of phenols is 1. The van der Waals surface area contributed by atoms with E-state index in [0.29, 0.717) is 23.0 Å². The quantitative estimate of drug-likeness (QED) is 0.257. The van der Waals surface area contributed by atoms with Gasteiger partial charge in [0.05, 0.1) is 44.8 Å². The third-order valence-electron chi connectivity index (χ3n) is 6.22. The molecule has 0 fully saturated rings. The van der Waals surface area contributed by atoms with E-state index in [9.17, 15) is 5.11 Å². The molecular formula is C29H26NO5+. The van der Waals surface area contributed by atoms with Crippen LogP contribution >= 0.6 is 0 Å². The highest BCUT2D eigenvalue weighted by Gasteiger charge is 2.30. The van der Waals surface area contributed by atoms with Gasteiger partial charge in [-0.25, -0.2) is 0 Å². The molecule has 6 heteroatoms.